The summed E-state index contributed by atoms with van der Waals surface area (Å²) in [4.78, 5) is 41.6. The Morgan fingerprint density at radius 2 is 1.77 bits per heavy atom. The normalized spacial score (nSPS) is 13.7. The first-order valence-electron chi connectivity index (χ1n) is 12.7. The van der Waals surface area contributed by atoms with Gasteiger partial charge in [0.15, 0.2) is 5.13 Å². The van der Waals surface area contributed by atoms with Crippen LogP contribution in [0.25, 0.3) is 0 Å². The molecule has 1 N–H and O–H groups in total. The van der Waals surface area contributed by atoms with Gasteiger partial charge in [0.1, 0.15) is 5.82 Å². The summed E-state index contributed by atoms with van der Waals surface area (Å²) < 4.78 is 1.02. The van der Waals surface area contributed by atoms with Gasteiger partial charge in [0, 0.05) is 55.6 Å². The van der Waals surface area contributed by atoms with Crippen LogP contribution in [-0.2, 0) is 4.79 Å². The van der Waals surface area contributed by atoms with Crippen LogP contribution in [-0.4, -0.2) is 71.4 Å². The predicted molar refractivity (Wildman–Crippen MR) is 157 cm³/mol. The average molecular weight is 559 g/mol. The smallest absolute Gasteiger partial charge is 0.254 e. The van der Waals surface area contributed by atoms with Crippen molar-refractivity contribution in [1.29, 1.82) is 0 Å². The maximum absolute atomic E-state index is 13.5. The Bertz CT molecular complexity index is 1420. The lowest BCUT2D eigenvalue weighted by molar-refractivity contribution is -0.119. The predicted octanol–water partition coefficient (Wildman–Crippen LogP) is 5.16. The van der Waals surface area contributed by atoms with E-state index in [0.29, 0.717) is 38.3 Å². The van der Waals surface area contributed by atoms with Crippen molar-refractivity contribution in [3.8, 4) is 0 Å². The van der Waals surface area contributed by atoms with E-state index >= 15 is 0 Å². The lowest BCUT2D eigenvalue weighted by Crippen LogP contribution is -2.51. The van der Waals surface area contributed by atoms with Crippen LogP contribution in [0.15, 0.2) is 88.2 Å². The summed E-state index contributed by atoms with van der Waals surface area (Å²) in [7, 11) is 1.80. The van der Waals surface area contributed by atoms with Crippen LogP contribution in [0, 0.1) is 6.92 Å². The minimum absolute atomic E-state index is 0.0316. The number of pyridine rings is 1. The number of piperazine rings is 1. The summed E-state index contributed by atoms with van der Waals surface area (Å²) in [5.41, 5.74) is 2.54. The van der Waals surface area contributed by atoms with Gasteiger partial charge in [-0.05, 0) is 48.9 Å². The number of amides is 2. The molecule has 1 fully saturated rings. The van der Waals surface area contributed by atoms with Crippen LogP contribution in [0.4, 0.5) is 16.6 Å². The summed E-state index contributed by atoms with van der Waals surface area (Å²) in [5.74, 6) is 0.825. The SMILES string of the molecule is Cc1ccc(Sc2cnc(Nc3ccccn3)s2)cc1C(=O)N1CCN(CC(=O)N(C)c2ccccc2)CC1. The van der Waals surface area contributed by atoms with Crippen molar-refractivity contribution < 1.29 is 9.59 Å². The summed E-state index contributed by atoms with van der Waals surface area (Å²) >= 11 is 3.13. The number of thiazole rings is 1. The van der Waals surface area contributed by atoms with Crippen molar-refractivity contribution in [3.05, 3.63) is 90.3 Å². The van der Waals surface area contributed by atoms with Crippen molar-refractivity contribution in [2.24, 2.45) is 0 Å². The second-order valence-corrected chi connectivity index (χ2v) is 11.7. The maximum atomic E-state index is 13.5. The van der Waals surface area contributed by atoms with E-state index in [1.807, 2.05) is 84.8 Å². The molecule has 10 heteroatoms. The van der Waals surface area contributed by atoms with Crippen molar-refractivity contribution in [3.63, 3.8) is 0 Å². The topological polar surface area (TPSA) is 81.7 Å². The van der Waals surface area contributed by atoms with E-state index in [-0.39, 0.29) is 11.8 Å². The Balaban J connectivity index is 1.16. The van der Waals surface area contributed by atoms with Gasteiger partial charge in [0.05, 0.1) is 17.0 Å². The van der Waals surface area contributed by atoms with Crippen LogP contribution >= 0.6 is 23.1 Å². The lowest BCUT2D eigenvalue weighted by atomic mass is 10.1. The zero-order valence-corrected chi connectivity index (χ0v) is 23.5. The van der Waals surface area contributed by atoms with Crippen molar-refractivity contribution in [1.82, 2.24) is 19.8 Å². The molecule has 1 aliphatic heterocycles. The molecule has 0 unspecified atom stereocenters. The third-order valence-corrected chi connectivity index (χ3v) is 8.58. The molecular weight excluding hydrogens is 528 g/mol. The van der Waals surface area contributed by atoms with Gasteiger partial charge in [-0.15, -0.1) is 0 Å². The number of carbonyl (C=O) groups is 2. The van der Waals surface area contributed by atoms with Gasteiger partial charge in [-0.3, -0.25) is 14.5 Å². The van der Waals surface area contributed by atoms with Crippen LogP contribution in [0.5, 0.6) is 0 Å². The fraction of sp³-hybridized carbons (Fsp3) is 0.241. The highest BCUT2D eigenvalue weighted by molar-refractivity contribution is 8.01. The van der Waals surface area contributed by atoms with E-state index in [1.54, 1.807) is 41.2 Å². The fourth-order valence-corrected chi connectivity index (χ4v) is 6.19. The number of hydrogen-bond donors (Lipinski definition) is 1. The van der Waals surface area contributed by atoms with Crippen LogP contribution in [0.3, 0.4) is 0 Å². The highest BCUT2D eigenvalue weighted by atomic mass is 32.2. The standard InChI is InChI=1S/C29H30N6O2S2/c1-21-11-12-23(38-27-19-31-29(39-27)32-25-10-6-7-13-30-25)18-24(21)28(37)35-16-14-34(15-17-35)20-26(36)33(2)22-8-4-3-5-9-22/h3-13,18-19H,14-17,20H2,1-2H3,(H,30,31,32). The van der Waals surface area contributed by atoms with Crippen molar-refractivity contribution >= 4 is 51.5 Å². The molecule has 200 valence electrons. The summed E-state index contributed by atoms with van der Waals surface area (Å²) in [6.45, 7) is 4.83. The quantitative estimate of drug-likeness (QED) is 0.320. The molecule has 4 aromatic rings. The van der Waals surface area contributed by atoms with Crippen LogP contribution in [0.2, 0.25) is 0 Å². The molecule has 0 bridgehead atoms. The van der Waals surface area contributed by atoms with Crippen LogP contribution < -0.4 is 10.2 Å². The van der Waals surface area contributed by atoms with E-state index in [9.17, 15) is 9.59 Å². The molecule has 0 aliphatic carbocycles. The number of benzene rings is 2. The molecule has 0 atom stereocenters. The Kier molecular flexibility index (Phi) is 8.55. The van der Waals surface area contributed by atoms with Gasteiger partial charge >= 0.3 is 0 Å². The molecule has 3 heterocycles. The number of hydrogen-bond acceptors (Lipinski definition) is 8. The second-order valence-electron chi connectivity index (χ2n) is 9.26. The van der Waals surface area contributed by atoms with E-state index < -0.39 is 0 Å². The third kappa shape index (κ3) is 6.83. The van der Waals surface area contributed by atoms with E-state index in [1.165, 1.54) is 0 Å². The Morgan fingerprint density at radius 1 is 1.00 bits per heavy atom. The summed E-state index contributed by atoms with van der Waals surface area (Å²) in [6, 6.07) is 21.3. The minimum Gasteiger partial charge on any atom is -0.336 e. The molecule has 1 saturated heterocycles. The number of anilines is 3. The van der Waals surface area contributed by atoms with Gasteiger partial charge in [-0.25, -0.2) is 9.97 Å². The fourth-order valence-electron chi connectivity index (χ4n) is 4.29. The monoisotopic (exact) mass is 558 g/mol. The number of rotatable bonds is 8. The number of aryl methyl sites for hydroxylation is 1. The van der Waals surface area contributed by atoms with Crippen molar-refractivity contribution in [2.75, 3.05) is 50.0 Å². The number of carbonyl (C=O) groups excluding carboxylic acids is 2. The lowest BCUT2D eigenvalue weighted by Gasteiger charge is -2.35. The van der Waals surface area contributed by atoms with Gasteiger partial charge in [0.2, 0.25) is 5.91 Å². The van der Waals surface area contributed by atoms with Gasteiger partial charge in [-0.2, -0.15) is 0 Å². The Labute approximate surface area is 236 Å². The zero-order chi connectivity index (χ0) is 27.2. The first-order chi connectivity index (χ1) is 19.0. The molecule has 0 saturated carbocycles. The molecule has 0 radical (unpaired) electrons. The highest BCUT2D eigenvalue weighted by Crippen LogP contribution is 2.35. The molecule has 5 rings (SSSR count). The van der Waals surface area contributed by atoms with E-state index in [0.717, 1.165) is 31.3 Å². The van der Waals surface area contributed by atoms with Gasteiger partial charge in [-0.1, -0.05) is 53.4 Å². The maximum Gasteiger partial charge on any atom is 0.254 e. The first-order valence-corrected chi connectivity index (χ1v) is 14.4. The molecule has 2 aromatic carbocycles. The number of para-hydroxylation sites is 1. The zero-order valence-electron chi connectivity index (χ0n) is 21.9. The molecule has 39 heavy (non-hydrogen) atoms. The van der Waals surface area contributed by atoms with Crippen LogP contribution in [0.1, 0.15) is 15.9 Å². The number of nitrogens with zero attached hydrogens (tertiary/aromatic N) is 5. The third-order valence-electron chi connectivity index (χ3n) is 6.58. The number of likely N-dealkylation sites (N-methyl/N-ethyl adjacent to an activating group) is 1. The van der Waals surface area contributed by atoms with Gasteiger partial charge in [0.25, 0.3) is 5.91 Å². The molecule has 1 aliphatic rings. The summed E-state index contributed by atoms with van der Waals surface area (Å²) in [6.07, 6.45) is 3.57. The highest BCUT2D eigenvalue weighted by Gasteiger charge is 2.25. The molecule has 8 nitrogen and oxygen atoms in total. The number of aromatic nitrogens is 2. The largest absolute Gasteiger partial charge is 0.336 e. The minimum atomic E-state index is 0.0316. The Morgan fingerprint density at radius 3 is 2.51 bits per heavy atom. The summed E-state index contributed by atoms with van der Waals surface area (Å²) in [5, 5.41) is 3.99. The first kappa shape index (κ1) is 26.9. The molecule has 2 amide bonds. The van der Waals surface area contributed by atoms with E-state index in [2.05, 4.69) is 20.2 Å². The average Bonchev–Trinajstić information content (AvgIpc) is 3.41. The molecular formula is C29H30N6O2S2. The Hall–Kier alpha value is -3.73. The van der Waals surface area contributed by atoms with E-state index in [4.69, 9.17) is 0 Å². The van der Waals surface area contributed by atoms with Crippen molar-refractivity contribution in [2.45, 2.75) is 16.0 Å². The molecule has 0 spiro atoms. The number of nitrogens with one attached hydrogen (secondary N) is 1. The molecule has 2 aromatic heterocycles. The second kappa shape index (κ2) is 12.4. The van der Waals surface area contributed by atoms with Gasteiger partial charge < -0.3 is 15.1 Å².